The van der Waals surface area contributed by atoms with Gasteiger partial charge in [-0.2, -0.15) is 0 Å². The van der Waals surface area contributed by atoms with Crippen LogP contribution < -0.4 is 11.1 Å². The minimum absolute atomic E-state index is 0.635. The summed E-state index contributed by atoms with van der Waals surface area (Å²) < 4.78 is 0.989. The molecule has 16 heavy (non-hydrogen) atoms. The fourth-order valence-electron chi connectivity index (χ4n) is 1.38. The Bertz CT molecular complexity index is 511. The monoisotopic (exact) mass is 277 g/mol. The standard InChI is InChI=1S/C12H12BrN3/c1-8-4-5-9(13)11(7-8)16-12-10(14)3-2-6-15-12/h2-7H,14H2,1H3,(H,15,16). The number of rotatable bonds is 2. The lowest BCUT2D eigenvalue weighted by atomic mass is 10.2. The molecule has 3 nitrogen and oxygen atoms in total. The molecule has 1 aromatic heterocycles. The zero-order valence-corrected chi connectivity index (χ0v) is 10.5. The molecule has 2 rings (SSSR count). The third-order valence-corrected chi connectivity index (χ3v) is 2.91. The van der Waals surface area contributed by atoms with Crippen LogP contribution in [-0.2, 0) is 0 Å². The van der Waals surface area contributed by atoms with E-state index in [2.05, 4.69) is 26.2 Å². The van der Waals surface area contributed by atoms with Crippen molar-refractivity contribution in [1.29, 1.82) is 0 Å². The van der Waals surface area contributed by atoms with E-state index < -0.39 is 0 Å². The van der Waals surface area contributed by atoms with E-state index in [1.165, 1.54) is 5.56 Å². The number of hydrogen-bond donors (Lipinski definition) is 2. The fourth-order valence-corrected chi connectivity index (χ4v) is 1.73. The normalized spacial score (nSPS) is 10.1. The highest BCUT2D eigenvalue weighted by Gasteiger charge is 2.03. The minimum atomic E-state index is 0.635. The SMILES string of the molecule is Cc1ccc(Br)c(Nc2ncccc2N)c1. The highest BCUT2D eigenvalue weighted by Crippen LogP contribution is 2.27. The molecule has 0 fully saturated rings. The van der Waals surface area contributed by atoms with Crippen molar-refractivity contribution < 1.29 is 0 Å². The topological polar surface area (TPSA) is 50.9 Å². The molecule has 4 heteroatoms. The first-order valence-electron chi connectivity index (χ1n) is 4.90. The summed E-state index contributed by atoms with van der Waals surface area (Å²) in [4.78, 5) is 4.19. The molecule has 0 saturated heterocycles. The van der Waals surface area contributed by atoms with Crippen LogP contribution in [0.4, 0.5) is 17.2 Å². The van der Waals surface area contributed by atoms with Crippen molar-refractivity contribution in [2.75, 3.05) is 11.1 Å². The molecule has 3 N–H and O–H groups in total. The van der Waals surface area contributed by atoms with Gasteiger partial charge in [0.2, 0.25) is 0 Å². The molecule has 0 atom stereocenters. The highest BCUT2D eigenvalue weighted by molar-refractivity contribution is 9.10. The summed E-state index contributed by atoms with van der Waals surface area (Å²) in [5.74, 6) is 0.675. The van der Waals surface area contributed by atoms with Crippen molar-refractivity contribution in [3.63, 3.8) is 0 Å². The predicted octanol–water partition coefficient (Wildman–Crippen LogP) is 3.48. The fraction of sp³-hybridized carbons (Fsp3) is 0.0833. The lowest BCUT2D eigenvalue weighted by Crippen LogP contribution is -1.99. The molecule has 0 aliphatic rings. The van der Waals surface area contributed by atoms with Gasteiger partial charge in [0.15, 0.2) is 5.82 Å². The van der Waals surface area contributed by atoms with Gasteiger partial charge in [-0.1, -0.05) is 6.07 Å². The Kier molecular flexibility index (Phi) is 3.10. The van der Waals surface area contributed by atoms with Gasteiger partial charge >= 0.3 is 0 Å². The van der Waals surface area contributed by atoms with E-state index in [1.807, 2.05) is 37.3 Å². The van der Waals surface area contributed by atoms with E-state index in [0.717, 1.165) is 10.2 Å². The van der Waals surface area contributed by atoms with Crippen LogP contribution in [0.15, 0.2) is 41.0 Å². The van der Waals surface area contributed by atoms with Gasteiger partial charge in [0.1, 0.15) is 0 Å². The first-order chi connectivity index (χ1) is 7.66. The number of anilines is 3. The highest BCUT2D eigenvalue weighted by atomic mass is 79.9. The maximum atomic E-state index is 5.82. The molecule has 0 saturated carbocycles. The van der Waals surface area contributed by atoms with Crippen molar-refractivity contribution >= 4 is 33.1 Å². The van der Waals surface area contributed by atoms with Crippen molar-refractivity contribution in [3.05, 3.63) is 46.6 Å². The number of nitrogen functional groups attached to an aromatic ring is 1. The number of pyridine rings is 1. The third-order valence-electron chi connectivity index (χ3n) is 2.21. The molecule has 0 radical (unpaired) electrons. The van der Waals surface area contributed by atoms with Gasteiger partial charge in [-0.3, -0.25) is 0 Å². The number of benzene rings is 1. The first kappa shape index (κ1) is 11.0. The Morgan fingerprint density at radius 2 is 2.12 bits per heavy atom. The summed E-state index contributed by atoms with van der Waals surface area (Å²) in [7, 11) is 0. The Morgan fingerprint density at radius 3 is 2.88 bits per heavy atom. The average Bonchev–Trinajstić information content (AvgIpc) is 2.27. The second-order valence-corrected chi connectivity index (χ2v) is 4.40. The number of hydrogen-bond acceptors (Lipinski definition) is 3. The molecular weight excluding hydrogens is 266 g/mol. The first-order valence-corrected chi connectivity index (χ1v) is 5.70. The van der Waals surface area contributed by atoms with Crippen LogP contribution in [-0.4, -0.2) is 4.98 Å². The summed E-state index contributed by atoms with van der Waals surface area (Å²) in [5, 5.41) is 3.20. The van der Waals surface area contributed by atoms with Crippen LogP contribution in [0.1, 0.15) is 5.56 Å². The summed E-state index contributed by atoms with van der Waals surface area (Å²) in [6.07, 6.45) is 1.71. The third kappa shape index (κ3) is 2.33. The quantitative estimate of drug-likeness (QED) is 0.884. The summed E-state index contributed by atoms with van der Waals surface area (Å²) in [5.41, 5.74) is 8.60. The van der Waals surface area contributed by atoms with E-state index in [0.29, 0.717) is 11.5 Å². The van der Waals surface area contributed by atoms with Gasteiger partial charge in [0.05, 0.1) is 11.4 Å². The van der Waals surface area contributed by atoms with Crippen molar-refractivity contribution in [2.45, 2.75) is 6.92 Å². The number of nitrogens with one attached hydrogen (secondary N) is 1. The molecule has 0 spiro atoms. The van der Waals surface area contributed by atoms with Crippen LogP contribution >= 0.6 is 15.9 Å². The number of aromatic nitrogens is 1. The van der Waals surface area contributed by atoms with E-state index in [1.54, 1.807) is 6.20 Å². The Hall–Kier alpha value is -1.55. The van der Waals surface area contributed by atoms with Crippen LogP contribution in [0.3, 0.4) is 0 Å². The molecule has 0 bridgehead atoms. The number of halogens is 1. The smallest absolute Gasteiger partial charge is 0.153 e. The van der Waals surface area contributed by atoms with Gasteiger partial charge in [-0.05, 0) is 52.7 Å². The van der Waals surface area contributed by atoms with Gasteiger partial charge in [0.25, 0.3) is 0 Å². The number of aryl methyl sites for hydroxylation is 1. The van der Waals surface area contributed by atoms with Crippen molar-refractivity contribution in [1.82, 2.24) is 4.98 Å². The van der Waals surface area contributed by atoms with E-state index in [9.17, 15) is 0 Å². The van der Waals surface area contributed by atoms with E-state index in [-0.39, 0.29) is 0 Å². The van der Waals surface area contributed by atoms with Gasteiger partial charge in [-0.25, -0.2) is 4.98 Å². The second-order valence-electron chi connectivity index (χ2n) is 3.55. The average molecular weight is 278 g/mol. The summed E-state index contributed by atoms with van der Waals surface area (Å²) in [6.45, 7) is 2.04. The largest absolute Gasteiger partial charge is 0.396 e. The van der Waals surface area contributed by atoms with E-state index >= 15 is 0 Å². The van der Waals surface area contributed by atoms with Gasteiger partial charge in [-0.15, -0.1) is 0 Å². The predicted molar refractivity (Wildman–Crippen MR) is 70.8 cm³/mol. The maximum Gasteiger partial charge on any atom is 0.153 e. The molecule has 1 aromatic carbocycles. The van der Waals surface area contributed by atoms with E-state index in [4.69, 9.17) is 5.73 Å². The molecule has 1 heterocycles. The molecule has 2 aromatic rings. The molecule has 0 aliphatic heterocycles. The Labute approximate surface area is 103 Å². The number of nitrogens with zero attached hydrogens (tertiary/aromatic N) is 1. The van der Waals surface area contributed by atoms with Crippen LogP contribution in [0, 0.1) is 6.92 Å². The van der Waals surface area contributed by atoms with Crippen LogP contribution in [0.25, 0.3) is 0 Å². The Morgan fingerprint density at radius 1 is 1.31 bits per heavy atom. The van der Waals surface area contributed by atoms with Crippen molar-refractivity contribution in [3.8, 4) is 0 Å². The zero-order chi connectivity index (χ0) is 11.5. The minimum Gasteiger partial charge on any atom is -0.396 e. The van der Waals surface area contributed by atoms with Crippen LogP contribution in [0.5, 0.6) is 0 Å². The molecular formula is C12H12BrN3. The van der Waals surface area contributed by atoms with Crippen molar-refractivity contribution in [2.24, 2.45) is 0 Å². The molecule has 82 valence electrons. The molecule has 0 amide bonds. The Balaban J connectivity index is 2.34. The van der Waals surface area contributed by atoms with Gasteiger partial charge < -0.3 is 11.1 Å². The lowest BCUT2D eigenvalue weighted by Gasteiger charge is -2.10. The molecule has 0 aliphatic carbocycles. The summed E-state index contributed by atoms with van der Waals surface area (Å²) >= 11 is 3.48. The summed E-state index contributed by atoms with van der Waals surface area (Å²) in [6, 6.07) is 9.71. The number of nitrogens with two attached hydrogens (primary N) is 1. The second kappa shape index (κ2) is 4.53. The maximum absolute atomic E-state index is 5.82. The van der Waals surface area contributed by atoms with Gasteiger partial charge in [0, 0.05) is 10.7 Å². The molecule has 0 unspecified atom stereocenters. The van der Waals surface area contributed by atoms with Crippen LogP contribution in [0.2, 0.25) is 0 Å². The zero-order valence-electron chi connectivity index (χ0n) is 8.87. The lowest BCUT2D eigenvalue weighted by molar-refractivity contribution is 1.30.